The highest BCUT2D eigenvalue weighted by molar-refractivity contribution is 5.80. The van der Waals surface area contributed by atoms with Crippen molar-refractivity contribution in [3.63, 3.8) is 0 Å². The van der Waals surface area contributed by atoms with Crippen LogP contribution in [0.15, 0.2) is 0 Å². The Kier molecular flexibility index (Phi) is 4.94. The number of aliphatic carboxylic acids is 1. The molecule has 0 aromatic heterocycles. The van der Waals surface area contributed by atoms with Gasteiger partial charge in [0, 0.05) is 12.8 Å². The Hall–Kier alpha value is -1.40. The van der Waals surface area contributed by atoms with Gasteiger partial charge < -0.3 is 15.2 Å². The van der Waals surface area contributed by atoms with Crippen LogP contribution in [0.5, 0.6) is 0 Å². The van der Waals surface area contributed by atoms with Gasteiger partial charge in [0.2, 0.25) is 5.92 Å². The van der Waals surface area contributed by atoms with Gasteiger partial charge in [0.1, 0.15) is 11.6 Å². The number of nitrogens with one attached hydrogen (secondary N) is 1. The molecule has 1 fully saturated rings. The summed E-state index contributed by atoms with van der Waals surface area (Å²) in [5, 5.41) is 11.4. The summed E-state index contributed by atoms with van der Waals surface area (Å²) >= 11 is 0. The van der Waals surface area contributed by atoms with Crippen molar-refractivity contribution in [2.24, 2.45) is 5.92 Å². The monoisotopic (exact) mass is 293 g/mol. The van der Waals surface area contributed by atoms with E-state index in [9.17, 15) is 18.4 Å². The Bertz CT molecular complexity index is 369. The van der Waals surface area contributed by atoms with Gasteiger partial charge in [-0.15, -0.1) is 0 Å². The predicted octanol–water partition coefficient (Wildman–Crippen LogP) is 2.79. The fourth-order valence-electron chi connectivity index (χ4n) is 2.21. The molecule has 1 amide bonds. The Balaban J connectivity index is 2.62. The Morgan fingerprint density at radius 3 is 2.20 bits per heavy atom. The summed E-state index contributed by atoms with van der Waals surface area (Å²) in [6, 6.07) is -1.19. The number of alkyl carbamates (subject to hydrolysis) is 1. The number of carboxylic acids is 1. The van der Waals surface area contributed by atoms with Crippen LogP contribution < -0.4 is 5.32 Å². The van der Waals surface area contributed by atoms with E-state index in [1.54, 1.807) is 20.8 Å². The number of rotatable bonds is 3. The standard InChI is InChI=1S/C13H21F2NO4/c1-12(2,3)20-11(19)16-9(10(17)18)8-4-6-13(14,15)7-5-8/h8-9H,4-7H2,1-3H3,(H,16,19)(H,17,18)/t9-/m1/s1. The first-order chi connectivity index (χ1) is 9.00. The molecule has 20 heavy (non-hydrogen) atoms. The van der Waals surface area contributed by atoms with E-state index < -0.39 is 35.5 Å². The molecule has 0 saturated heterocycles. The van der Waals surface area contributed by atoms with Gasteiger partial charge in [-0.25, -0.2) is 18.4 Å². The molecule has 116 valence electrons. The number of alkyl halides is 2. The average molecular weight is 293 g/mol. The minimum atomic E-state index is -2.73. The summed E-state index contributed by atoms with van der Waals surface area (Å²) in [4.78, 5) is 22.8. The number of carbonyl (C=O) groups excluding carboxylic acids is 1. The van der Waals surface area contributed by atoms with Crippen molar-refractivity contribution in [1.29, 1.82) is 0 Å². The highest BCUT2D eigenvalue weighted by atomic mass is 19.3. The molecule has 0 spiro atoms. The zero-order valence-electron chi connectivity index (χ0n) is 11.9. The van der Waals surface area contributed by atoms with E-state index in [2.05, 4.69) is 5.32 Å². The molecule has 5 nitrogen and oxygen atoms in total. The van der Waals surface area contributed by atoms with Gasteiger partial charge >= 0.3 is 12.1 Å². The van der Waals surface area contributed by atoms with E-state index in [-0.39, 0.29) is 25.7 Å². The normalized spacial score (nSPS) is 21.1. The van der Waals surface area contributed by atoms with Gasteiger partial charge in [0.25, 0.3) is 0 Å². The number of carbonyl (C=O) groups is 2. The lowest BCUT2D eigenvalue weighted by molar-refractivity contribution is -0.142. The zero-order valence-corrected chi connectivity index (χ0v) is 11.9. The third kappa shape index (κ3) is 5.30. The van der Waals surface area contributed by atoms with Crippen LogP contribution in [0.25, 0.3) is 0 Å². The van der Waals surface area contributed by atoms with Crippen LogP contribution in [-0.4, -0.2) is 34.7 Å². The van der Waals surface area contributed by atoms with Crippen LogP contribution in [0, 0.1) is 5.92 Å². The van der Waals surface area contributed by atoms with Crippen LogP contribution in [0.4, 0.5) is 13.6 Å². The number of halogens is 2. The molecule has 2 N–H and O–H groups in total. The molecule has 0 aromatic carbocycles. The zero-order chi connectivity index (χ0) is 15.6. The molecule has 1 atom stereocenters. The Labute approximate surface area is 116 Å². The molecule has 1 aliphatic carbocycles. The van der Waals surface area contributed by atoms with Crippen molar-refractivity contribution in [1.82, 2.24) is 5.32 Å². The molecule has 7 heteroatoms. The topological polar surface area (TPSA) is 75.6 Å². The number of amides is 1. The summed E-state index contributed by atoms with van der Waals surface area (Å²) in [6.45, 7) is 4.97. The van der Waals surface area contributed by atoms with E-state index in [0.29, 0.717) is 0 Å². The van der Waals surface area contributed by atoms with E-state index >= 15 is 0 Å². The maximum absolute atomic E-state index is 13.1. The maximum atomic E-state index is 13.1. The van der Waals surface area contributed by atoms with Gasteiger partial charge in [-0.3, -0.25) is 0 Å². The lowest BCUT2D eigenvalue weighted by Gasteiger charge is -2.32. The maximum Gasteiger partial charge on any atom is 0.408 e. The lowest BCUT2D eigenvalue weighted by atomic mass is 9.82. The molecule has 0 radical (unpaired) electrons. The number of hydrogen-bond acceptors (Lipinski definition) is 3. The van der Waals surface area contributed by atoms with Gasteiger partial charge in [-0.2, -0.15) is 0 Å². The first-order valence-electron chi connectivity index (χ1n) is 6.60. The molecule has 0 aromatic rings. The molecule has 0 bridgehead atoms. The van der Waals surface area contributed by atoms with Crippen LogP contribution in [-0.2, 0) is 9.53 Å². The van der Waals surface area contributed by atoms with Gasteiger partial charge in [-0.1, -0.05) is 0 Å². The van der Waals surface area contributed by atoms with Gasteiger partial charge in [0.15, 0.2) is 0 Å². The van der Waals surface area contributed by atoms with Gasteiger partial charge in [-0.05, 0) is 39.5 Å². The highest BCUT2D eigenvalue weighted by Crippen LogP contribution is 2.37. The van der Waals surface area contributed by atoms with Crippen molar-refractivity contribution >= 4 is 12.1 Å². The summed E-state index contributed by atoms with van der Waals surface area (Å²) < 4.78 is 31.1. The number of carboxylic acid groups (broad SMARTS) is 1. The molecular formula is C13H21F2NO4. The first kappa shape index (κ1) is 16.7. The summed E-state index contributed by atoms with van der Waals surface area (Å²) in [7, 11) is 0. The fraction of sp³-hybridized carbons (Fsp3) is 0.846. The third-order valence-electron chi connectivity index (χ3n) is 3.17. The van der Waals surface area contributed by atoms with Crippen LogP contribution in [0.2, 0.25) is 0 Å². The van der Waals surface area contributed by atoms with Crippen LogP contribution in [0.1, 0.15) is 46.5 Å². The fourth-order valence-corrected chi connectivity index (χ4v) is 2.21. The second kappa shape index (κ2) is 5.93. The van der Waals surface area contributed by atoms with Crippen molar-refractivity contribution in [2.45, 2.75) is 64.0 Å². The van der Waals surface area contributed by atoms with Crippen LogP contribution >= 0.6 is 0 Å². The Morgan fingerprint density at radius 2 is 1.80 bits per heavy atom. The van der Waals surface area contributed by atoms with Crippen molar-refractivity contribution in [3.05, 3.63) is 0 Å². The SMILES string of the molecule is CC(C)(C)OC(=O)N[C@@H](C(=O)O)C1CCC(F)(F)CC1. The average Bonchev–Trinajstić information content (AvgIpc) is 2.23. The molecule has 0 heterocycles. The van der Waals surface area contributed by atoms with Crippen LogP contribution in [0.3, 0.4) is 0 Å². The van der Waals surface area contributed by atoms with E-state index in [1.807, 2.05) is 0 Å². The molecule has 1 rings (SSSR count). The van der Waals surface area contributed by atoms with E-state index in [0.717, 1.165) is 0 Å². The van der Waals surface area contributed by atoms with Gasteiger partial charge in [0.05, 0.1) is 0 Å². The molecule has 1 saturated carbocycles. The second-order valence-electron chi connectivity index (χ2n) is 6.16. The Morgan fingerprint density at radius 1 is 1.30 bits per heavy atom. The minimum Gasteiger partial charge on any atom is -0.480 e. The molecule has 0 aliphatic heterocycles. The molecular weight excluding hydrogens is 272 g/mol. The number of hydrogen-bond donors (Lipinski definition) is 2. The van der Waals surface area contributed by atoms with Crippen molar-refractivity contribution < 1.29 is 28.2 Å². The lowest BCUT2D eigenvalue weighted by Crippen LogP contribution is -2.49. The second-order valence-corrected chi connectivity index (χ2v) is 6.16. The summed E-state index contributed by atoms with van der Waals surface area (Å²) in [6.07, 6.45) is -1.41. The minimum absolute atomic E-state index is 0.0692. The number of ether oxygens (including phenoxy) is 1. The predicted molar refractivity (Wildman–Crippen MR) is 67.7 cm³/mol. The molecule has 0 unspecified atom stereocenters. The largest absolute Gasteiger partial charge is 0.480 e. The van der Waals surface area contributed by atoms with E-state index in [4.69, 9.17) is 9.84 Å². The molecule has 1 aliphatic rings. The van der Waals surface area contributed by atoms with Crippen molar-refractivity contribution in [3.8, 4) is 0 Å². The van der Waals surface area contributed by atoms with E-state index in [1.165, 1.54) is 0 Å². The summed E-state index contributed by atoms with van der Waals surface area (Å²) in [5.41, 5.74) is -0.743. The van der Waals surface area contributed by atoms with Crippen molar-refractivity contribution in [2.75, 3.05) is 0 Å². The quantitative estimate of drug-likeness (QED) is 0.839. The third-order valence-corrected chi connectivity index (χ3v) is 3.17. The smallest absolute Gasteiger partial charge is 0.408 e. The highest BCUT2D eigenvalue weighted by Gasteiger charge is 2.40. The summed E-state index contributed by atoms with van der Waals surface area (Å²) in [5.74, 6) is -4.46. The first-order valence-corrected chi connectivity index (χ1v) is 6.60.